The molecule has 7 nitrogen and oxygen atoms in total. The molecule has 1 aromatic carbocycles. The second-order valence-corrected chi connectivity index (χ2v) is 8.79. The van der Waals surface area contributed by atoms with Gasteiger partial charge in [-0.2, -0.15) is 9.61 Å². The van der Waals surface area contributed by atoms with Crippen molar-refractivity contribution >= 4 is 23.1 Å². The predicted molar refractivity (Wildman–Crippen MR) is 116 cm³/mol. The van der Waals surface area contributed by atoms with E-state index in [1.807, 2.05) is 22.5 Å². The Morgan fingerprint density at radius 3 is 2.90 bits per heavy atom. The number of benzene rings is 1. The summed E-state index contributed by atoms with van der Waals surface area (Å²) in [7, 11) is 0. The largest absolute Gasteiger partial charge is 0.354 e. The summed E-state index contributed by atoms with van der Waals surface area (Å²) in [4.78, 5) is 22.2. The summed E-state index contributed by atoms with van der Waals surface area (Å²) in [6, 6.07) is 4.72. The molecule has 1 saturated heterocycles. The van der Waals surface area contributed by atoms with Crippen molar-refractivity contribution in [1.82, 2.24) is 19.9 Å². The lowest BCUT2D eigenvalue weighted by molar-refractivity contribution is -0.123. The highest BCUT2D eigenvalue weighted by atomic mass is 19.1. The van der Waals surface area contributed by atoms with E-state index in [9.17, 15) is 9.18 Å². The second-order valence-electron chi connectivity index (χ2n) is 8.79. The smallest absolute Gasteiger partial charge is 0.233 e. The molecule has 1 fully saturated rings. The van der Waals surface area contributed by atoms with Crippen molar-refractivity contribution in [3.8, 4) is 0 Å². The van der Waals surface area contributed by atoms with Crippen LogP contribution >= 0.6 is 0 Å². The van der Waals surface area contributed by atoms with Gasteiger partial charge in [-0.3, -0.25) is 4.79 Å². The molecule has 3 aromatic rings. The highest BCUT2D eigenvalue weighted by molar-refractivity contribution is 5.98. The molecule has 1 N–H and O–H groups in total. The number of hydrogen-bond acceptors (Lipinski definition) is 5. The molecule has 3 aliphatic heterocycles. The van der Waals surface area contributed by atoms with Crippen LogP contribution in [0.3, 0.4) is 0 Å². The molecule has 6 rings (SSSR count). The van der Waals surface area contributed by atoms with E-state index in [0.29, 0.717) is 26.1 Å². The Balaban J connectivity index is 1.28. The molecule has 3 aliphatic rings. The third-order valence-corrected chi connectivity index (χ3v) is 6.80. The quantitative estimate of drug-likeness (QED) is 0.686. The average molecular weight is 420 g/mol. The van der Waals surface area contributed by atoms with E-state index in [1.165, 1.54) is 11.6 Å². The van der Waals surface area contributed by atoms with Crippen LogP contribution in [0, 0.1) is 18.7 Å². The number of hydrogen-bond donors (Lipinski definition) is 1. The van der Waals surface area contributed by atoms with Gasteiger partial charge in [0.15, 0.2) is 5.65 Å². The first-order chi connectivity index (χ1) is 15.1. The molecule has 0 radical (unpaired) electrons. The first-order valence-electron chi connectivity index (χ1n) is 11.0. The molecule has 1 amide bonds. The number of aromatic nitrogens is 3. The predicted octanol–water partition coefficient (Wildman–Crippen LogP) is 1.89. The van der Waals surface area contributed by atoms with Crippen molar-refractivity contribution in [3.05, 3.63) is 52.6 Å². The molecule has 160 valence electrons. The monoisotopic (exact) mass is 420 g/mol. The van der Waals surface area contributed by atoms with E-state index >= 15 is 0 Å². The van der Waals surface area contributed by atoms with E-state index in [1.54, 1.807) is 12.1 Å². The summed E-state index contributed by atoms with van der Waals surface area (Å²) in [5, 5.41) is 8.07. The van der Waals surface area contributed by atoms with E-state index in [4.69, 9.17) is 4.98 Å². The van der Waals surface area contributed by atoms with Crippen LogP contribution in [0.25, 0.3) is 5.65 Å². The Morgan fingerprint density at radius 1 is 1.19 bits per heavy atom. The maximum Gasteiger partial charge on any atom is 0.233 e. The molecule has 5 heterocycles. The lowest BCUT2D eigenvalue weighted by Gasteiger charge is -2.42. The molecule has 0 atom stereocenters. The summed E-state index contributed by atoms with van der Waals surface area (Å²) in [6.45, 7) is 5.86. The minimum absolute atomic E-state index is 0.0598. The van der Waals surface area contributed by atoms with Crippen LogP contribution in [0.2, 0.25) is 0 Å². The Kier molecular flexibility index (Phi) is 4.24. The van der Waals surface area contributed by atoms with Gasteiger partial charge in [0.2, 0.25) is 5.91 Å². The number of halogens is 1. The maximum absolute atomic E-state index is 13.5. The zero-order valence-corrected chi connectivity index (χ0v) is 17.6. The molecule has 0 aliphatic carbocycles. The van der Waals surface area contributed by atoms with E-state index in [-0.39, 0.29) is 17.6 Å². The highest BCUT2D eigenvalue weighted by Crippen LogP contribution is 2.35. The fraction of sp³-hybridized carbons (Fsp3) is 0.435. The normalized spacial score (nSPS) is 18.6. The van der Waals surface area contributed by atoms with Crippen molar-refractivity contribution in [2.24, 2.45) is 5.92 Å². The zero-order chi connectivity index (χ0) is 21.1. The number of rotatable bonds is 2. The van der Waals surface area contributed by atoms with Gasteiger partial charge in [-0.1, -0.05) is 0 Å². The Morgan fingerprint density at radius 2 is 2.03 bits per heavy atom. The van der Waals surface area contributed by atoms with Crippen LogP contribution in [-0.4, -0.2) is 53.2 Å². The van der Waals surface area contributed by atoms with Crippen molar-refractivity contribution in [2.45, 2.75) is 26.2 Å². The number of nitrogens with zero attached hydrogens (tertiary/aromatic N) is 5. The van der Waals surface area contributed by atoms with Crippen molar-refractivity contribution in [1.29, 1.82) is 0 Å². The van der Waals surface area contributed by atoms with Gasteiger partial charge in [0, 0.05) is 49.4 Å². The Labute approximate surface area is 179 Å². The van der Waals surface area contributed by atoms with Gasteiger partial charge in [-0.15, -0.1) is 0 Å². The second kappa shape index (κ2) is 7.02. The van der Waals surface area contributed by atoms with E-state index in [2.05, 4.69) is 15.3 Å². The fourth-order valence-electron chi connectivity index (χ4n) is 5.13. The first kappa shape index (κ1) is 18.7. The van der Waals surface area contributed by atoms with Crippen LogP contribution in [0.5, 0.6) is 0 Å². The zero-order valence-electron chi connectivity index (χ0n) is 17.6. The van der Waals surface area contributed by atoms with Gasteiger partial charge in [0.1, 0.15) is 11.6 Å². The third-order valence-electron chi connectivity index (χ3n) is 6.80. The van der Waals surface area contributed by atoms with Gasteiger partial charge in [-0.25, -0.2) is 9.37 Å². The van der Waals surface area contributed by atoms with E-state index in [0.717, 1.165) is 59.9 Å². The van der Waals surface area contributed by atoms with Crippen LogP contribution in [0.15, 0.2) is 24.4 Å². The fourth-order valence-corrected chi connectivity index (χ4v) is 5.13. The van der Waals surface area contributed by atoms with Crippen LogP contribution in [0.4, 0.5) is 15.9 Å². The maximum atomic E-state index is 13.5. The standard InChI is InChI=1S/C23H25FN6O/c1-14-11-26-30-21(14)27-19-5-8-25-7-4-18(19)22(30)28-12-16(13-28)23(31)29-9-6-15-10-17(24)2-3-20(15)29/h2-3,10-11,16,25H,4-9,12-13H2,1H3. The number of aryl methyl sites for hydroxylation is 1. The molecule has 2 aromatic heterocycles. The highest BCUT2D eigenvalue weighted by Gasteiger charge is 2.40. The lowest BCUT2D eigenvalue weighted by Crippen LogP contribution is -2.55. The topological polar surface area (TPSA) is 65.8 Å². The van der Waals surface area contributed by atoms with Gasteiger partial charge < -0.3 is 15.1 Å². The third kappa shape index (κ3) is 2.92. The summed E-state index contributed by atoms with van der Waals surface area (Å²) < 4.78 is 15.5. The molecule has 0 saturated carbocycles. The Bertz CT molecular complexity index is 1200. The molecular formula is C23H25FN6O. The van der Waals surface area contributed by atoms with Gasteiger partial charge in [0.05, 0.1) is 17.8 Å². The Hall–Kier alpha value is -3.00. The minimum atomic E-state index is -0.241. The van der Waals surface area contributed by atoms with Crippen LogP contribution in [0.1, 0.15) is 22.4 Å². The average Bonchev–Trinajstić information content (AvgIpc) is 3.21. The van der Waals surface area contributed by atoms with Gasteiger partial charge in [0.25, 0.3) is 0 Å². The minimum Gasteiger partial charge on any atom is -0.354 e. The lowest BCUT2D eigenvalue weighted by atomic mass is 9.96. The number of carbonyl (C=O) groups is 1. The van der Waals surface area contributed by atoms with Gasteiger partial charge in [-0.05, 0) is 50.1 Å². The molecule has 8 heteroatoms. The molecule has 0 bridgehead atoms. The summed E-state index contributed by atoms with van der Waals surface area (Å²) >= 11 is 0. The van der Waals surface area contributed by atoms with Crippen LogP contribution in [-0.2, 0) is 24.1 Å². The first-order valence-corrected chi connectivity index (χ1v) is 11.0. The number of anilines is 2. The summed E-state index contributed by atoms with van der Waals surface area (Å²) in [5.74, 6) is 0.922. The number of nitrogens with one attached hydrogen (secondary N) is 1. The number of amides is 1. The number of carbonyl (C=O) groups excluding carboxylic acids is 1. The van der Waals surface area contributed by atoms with Crippen LogP contribution < -0.4 is 15.1 Å². The SMILES string of the molecule is Cc1cnn2c(N3CC(C(=O)N4CCc5cc(F)ccc54)C3)c3c(nc12)CCNCC3. The molecule has 31 heavy (non-hydrogen) atoms. The van der Waals surface area contributed by atoms with Crippen molar-refractivity contribution in [3.63, 3.8) is 0 Å². The van der Waals surface area contributed by atoms with E-state index < -0.39 is 0 Å². The van der Waals surface area contributed by atoms with Gasteiger partial charge >= 0.3 is 0 Å². The molecular weight excluding hydrogens is 395 g/mol. The van der Waals surface area contributed by atoms with Crippen molar-refractivity contribution in [2.75, 3.05) is 42.5 Å². The summed E-state index contributed by atoms with van der Waals surface area (Å²) in [5.41, 5.74) is 6.13. The number of fused-ring (bicyclic) bond motifs is 3. The van der Waals surface area contributed by atoms with Crippen molar-refractivity contribution < 1.29 is 9.18 Å². The molecule has 0 spiro atoms. The molecule has 0 unspecified atom stereocenters. The summed E-state index contributed by atoms with van der Waals surface area (Å²) in [6.07, 6.45) is 4.40.